The molecule has 6 saturated carbocycles. The van der Waals surface area contributed by atoms with E-state index in [1.54, 1.807) is 0 Å². The van der Waals surface area contributed by atoms with Gasteiger partial charge in [-0.3, -0.25) is 0 Å². The van der Waals surface area contributed by atoms with E-state index in [0.717, 1.165) is 23.7 Å². The van der Waals surface area contributed by atoms with Gasteiger partial charge in [0.05, 0.1) is 0 Å². The van der Waals surface area contributed by atoms with Crippen molar-refractivity contribution >= 4 is 0 Å². The summed E-state index contributed by atoms with van der Waals surface area (Å²) >= 11 is 0. The Labute approximate surface area is 58.8 Å². The zero-order valence-corrected chi connectivity index (χ0v) is 5.63. The molecule has 10 heavy (non-hydrogen) atoms. The Bertz CT molecular complexity index is 248. The molecule has 0 saturated heterocycles. The predicted octanol–water partition coefficient (Wildman–Crippen LogP) is 1.47. The van der Waals surface area contributed by atoms with E-state index in [4.69, 9.17) is 0 Å². The second-order valence-electron chi connectivity index (χ2n) is 5.12. The second kappa shape index (κ2) is 0.720. The molecule has 52 valence electrons. The number of hydrogen-bond donors (Lipinski definition) is 0. The van der Waals surface area contributed by atoms with Gasteiger partial charge in [0, 0.05) is 17.8 Å². The van der Waals surface area contributed by atoms with Crippen LogP contribution in [0.3, 0.4) is 0 Å². The molecule has 0 spiro atoms. The lowest BCUT2D eigenvalue weighted by Gasteiger charge is -2.87. The molecule has 0 nitrogen and oxygen atoms in total. The number of rotatable bonds is 0. The average Bonchev–Trinajstić information content (AvgIpc) is 2.15. The van der Waals surface area contributed by atoms with Crippen LogP contribution in [0, 0.1) is 41.4 Å². The molecule has 6 fully saturated rings. The van der Waals surface area contributed by atoms with Crippen molar-refractivity contribution in [3.05, 3.63) is 0 Å². The highest BCUT2D eigenvalue weighted by molar-refractivity contribution is 5.45. The molecule has 0 amide bonds. The number of halogens is 1. The van der Waals surface area contributed by atoms with Crippen molar-refractivity contribution in [2.75, 3.05) is 0 Å². The van der Waals surface area contributed by atoms with Gasteiger partial charge < -0.3 is 0 Å². The van der Waals surface area contributed by atoms with Crippen molar-refractivity contribution < 1.29 is 4.39 Å². The fourth-order valence-corrected chi connectivity index (χ4v) is 5.74. The quantitative estimate of drug-likeness (QED) is 0.473. The third kappa shape index (κ3) is 0.131. The molecule has 4 atom stereocenters. The van der Waals surface area contributed by atoms with E-state index in [2.05, 4.69) is 0 Å². The van der Waals surface area contributed by atoms with Crippen LogP contribution in [-0.2, 0) is 0 Å². The third-order valence-corrected chi connectivity index (χ3v) is 5.65. The molecule has 6 aliphatic rings. The normalized spacial score (nSPS) is 97.5. The van der Waals surface area contributed by atoms with Gasteiger partial charge in [-0.05, 0) is 30.1 Å². The van der Waals surface area contributed by atoms with Crippen LogP contribution in [0.5, 0.6) is 0 Å². The molecule has 0 aromatic carbocycles. The minimum absolute atomic E-state index is 0.549. The summed E-state index contributed by atoms with van der Waals surface area (Å²) in [4.78, 5) is 0. The molecule has 4 unspecified atom stereocenters. The summed E-state index contributed by atoms with van der Waals surface area (Å²) in [5.41, 5.74) is -0.549. The Hall–Kier alpha value is -0.0700. The third-order valence-electron chi connectivity index (χ3n) is 5.65. The van der Waals surface area contributed by atoms with E-state index in [1.165, 1.54) is 6.42 Å². The lowest BCUT2D eigenvalue weighted by molar-refractivity contribution is -0.442. The van der Waals surface area contributed by atoms with Crippen molar-refractivity contribution in [2.45, 2.75) is 12.1 Å². The summed E-state index contributed by atoms with van der Waals surface area (Å²) in [5, 5.41) is 0. The Kier molecular flexibility index (Phi) is 0.294. The molecule has 6 rings (SSSR count). The van der Waals surface area contributed by atoms with Crippen LogP contribution in [0.1, 0.15) is 6.42 Å². The van der Waals surface area contributed by atoms with Gasteiger partial charge in [0.1, 0.15) is 5.67 Å². The lowest BCUT2D eigenvalue weighted by Crippen LogP contribution is -2.91. The Balaban J connectivity index is 1.91. The average molecular weight is 136 g/mol. The molecule has 2 bridgehead atoms. The van der Waals surface area contributed by atoms with Crippen LogP contribution in [-0.4, -0.2) is 5.67 Å². The van der Waals surface area contributed by atoms with Crippen LogP contribution < -0.4 is 0 Å². The maximum absolute atomic E-state index is 13.7. The fourth-order valence-electron chi connectivity index (χ4n) is 5.74. The van der Waals surface area contributed by atoms with E-state index >= 15 is 0 Å². The number of alkyl halides is 1. The minimum atomic E-state index is -0.549. The standard InChI is InChI=1S/C9H9F/c10-9-6-3-1-2-4(6)8(9)5(2)7(3)9/h2-8H,1H2. The first kappa shape index (κ1) is 4.08. The maximum Gasteiger partial charge on any atom is 0.121 e. The Morgan fingerprint density at radius 3 is 2.20 bits per heavy atom. The molecular weight excluding hydrogens is 127 g/mol. The van der Waals surface area contributed by atoms with Gasteiger partial charge in [-0.2, -0.15) is 0 Å². The molecule has 1 heteroatoms. The van der Waals surface area contributed by atoms with Crippen LogP contribution in [0.4, 0.5) is 4.39 Å². The van der Waals surface area contributed by atoms with Gasteiger partial charge in [-0.25, -0.2) is 4.39 Å². The van der Waals surface area contributed by atoms with Gasteiger partial charge >= 0.3 is 0 Å². The van der Waals surface area contributed by atoms with E-state index in [0.29, 0.717) is 17.8 Å². The summed E-state index contributed by atoms with van der Waals surface area (Å²) < 4.78 is 13.7. The zero-order chi connectivity index (χ0) is 6.25. The van der Waals surface area contributed by atoms with Crippen molar-refractivity contribution in [2.24, 2.45) is 41.4 Å². The topological polar surface area (TPSA) is 0 Å². The van der Waals surface area contributed by atoms with E-state index in [9.17, 15) is 4.39 Å². The monoisotopic (exact) mass is 136 g/mol. The zero-order valence-electron chi connectivity index (χ0n) is 5.63. The maximum atomic E-state index is 13.7. The number of hydrogen-bond acceptors (Lipinski definition) is 0. The summed E-state index contributed by atoms with van der Waals surface area (Å²) in [6.07, 6.45) is 1.42. The van der Waals surface area contributed by atoms with Gasteiger partial charge in [0.15, 0.2) is 0 Å². The predicted molar refractivity (Wildman–Crippen MR) is 32.9 cm³/mol. The smallest absolute Gasteiger partial charge is 0.121 e. The Morgan fingerprint density at radius 1 is 1.00 bits per heavy atom. The first-order chi connectivity index (χ1) is 4.85. The highest BCUT2D eigenvalue weighted by atomic mass is 19.1. The SMILES string of the molecule is FC12C3C4CC5C3C1C5C42. The van der Waals surface area contributed by atoms with Gasteiger partial charge in [0.2, 0.25) is 0 Å². The summed E-state index contributed by atoms with van der Waals surface area (Å²) in [6, 6.07) is 0. The Morgan fingerprint density at radius 2 is 1.70 bits per heavy atom. The highest BCUT2D eigenvalue weighted by Crippen LogP contribution is 2.97. The summed E-state index contributed by atoms with van der Waals surface area (Å²) in [7, 11) is 0. The van der Waals surface area contributed by atoms with Crippen LogP contribution in [0.25, 0.3) is 0 Å². The first-order valence-electron chi connectivity index (χ1n) is 4.54. The minimum Gasteiger partial charge on any atom is -0.243 e. The second-order valence-corrected chi connectivity index (χ2v) is 5.12. The molecule has 0 N–H and O–H groups in total. The van der Waals surface area contributed by atoms with Crippen molar-refractivity contribution in [3.8, 4) is 0 Å². The van der Waals surface area contributed by atoms with E-state index < -0.39 is 5.67 Å². The molecule has 0 heterocycles. The molecule has 0 aromatic rings. The van der Waals surface area contributed by atoms with Crippen LogP contribution >= 0.6 is 0 Å². The van der Waals surface area contributed by atoms with Crippen LogP contribution in [0.2, 0.25) is 0 Å². The fraction of sp³-hybridized carbons (Fsp3) is 1.00. The summed E-state index contributed by atoms with van der Waals surface area (Å²) in [6.45, 7) is 0. The molecule has 0 aromatic heterocycles. The highest BCUT2D eigenvalue weighted by Gasteiger charge is 2.99. The molecule has 0 aliphatic heterocycles. The van der Waals surface area contributed by atoms with Crippen molar-refractivity contribution in [1.29, 1.82) is 0 Å². The van der Waals surface area contributed by atoms with Crippen molar-refractivity contribution in [3.63, 3.8) is 0 Å². The molecule has 0 radical (unpaired) electrons. The van der Waals surface area contributed by atoms with Crippen molar-refractivity contribution in [1.82, 2.24) is 0 Å². The van der Waals surface area contributed by atoms with E-state index in [-0.39, 0.29) is 0 Å². The van der Waals surface area contributed by atoms with Crippen LogP contribution in [0.15, 0.2) is 0 Å². The first-order valence-corrected chi connectivity index (χ1v) is 4.54. The molecular formula is C9H9F. The van der Waals surface area contributed by atoms with Gasteiger partial charge in [-0.15, -0.1) is 0 Å². The lowest BCUT2D eigenvalue weighted by atomic mass is 9.18. The van der Waals surface area contributed by atoms with Gasteiger partial charge in [0.25, 0.3) is 0 Å². The molecule has 6 aliphatic carbocycles. The van der Waals surface area contributed by atoms with Gasteiger partial charge in [-0.1, -0.05) is 0 Å². The largest absolute Gasteiger partial charge is 0.243 e. The van der Waals surface area contributed by atoms with E-state index in [1.807, 2.05) is 0 Å². The summed E-state index contributed by atoms with van der Waals surface area (Å²) in [5.74, 6) is 5.52.